The molecule has 2 aromatic rings. The molecule has 206 valence electrons. The van der Waals surface area contributed by atoms with Crippen molar-refractivity contribution in [2.24, 2.45) is 0 Å². The summed E-state index contributed by atoms with van der Waals surface area (Å²) in [5.41, 5.74) is 1.03. The molecule has 1 aromatic heterocycles. The van der Waals surface area contributed by atoms with Crippen LogP contribution >= 0.6 is 0 Å². The SMILES string of the molecule is CCc1cc(=O)oc2c(C)c(OC3OC(COC(C)=O)C(OC(C)=O)C(OC(C)=O)C3OC(C)=O)ccc12. The summed E-state index contributed by atoms with van der Waals surface area (Å²) in [7, 11) is 0. The lowest BCUT2D eigenvalue weighted by Crippen LogP contribution is -2.63. The number of hydrogen-bond acceptors (Lipinski definition) is 12. The van der Waals surface area contributed by atoms with E-state index in [9.17, 15) is 24.0 Å². The van der Waals surface area contributed by atoms with Crippen LogP contribution in [0.5, 0.6) is 5.75 Å². The third-order valence-electron chi connectivity index (χ3n) is 5.77. The zero-order chi connectivity index (χ0) is 28.1. The molecular weight excluding hydrogens is 504 g/mol. The van der Waals surface area contributed by atoms with Crippen molar-refractivity contribution in [2.45, 2.75) is 78.7 Å². The number of ether oxygens (including phenoxy) is 6. The van der Waals surface area contributed by atoms with Crippen LogP contribution in [0.1, 0.15) is 45.7 Å². The molecule has 0 radical (unpaired) electrons. The molecule has 1 aliphatic heterocycles. The molecule has 0 spiro atoms. The fourth-order valence-electron chi connectivity index (χ4n) is 4.24. The van der Waals surface area contributed by atoms with Crippen LogP contribution in [0.25, 0.3) is 11.0 Å². The van der Waals surface area contributed by atoms with E-state index in [1.807, 2.05) is 6.92 Å². The van der Waals surface area contributed by atoms with Crippen LogP contribution in [0.2, 0.25) is 0 Å². The normalized spacial score (nSPS) is 22.8. The number of hydrogen-bond donors (Lipinski definition) is 0. The maximum Gasteiger partial charge on any atom is 0.336 e. The first-order valence-electron chi connectivity index (χ1n) is 11.9. The molecule has 1 fully saturated rings. The Hall–Kier alpha value is -3.93. The van der Waals surface area contributed by atoms with Gasteiger partial charge in [0.15, 0.2) is 12.2 Å². The van der Waals surface area contributed by atoms with E-state index < -0.39 is 60.2 Å². The van der Waals surface area contributed by atoms with Crippen molar-refractivity contribution in [1.29, 1.82) is 0 Å². The van der Waals surface area contributed by atoms with Gasteiger partial charge < -0.3 is 32.8 Å². The number of esters is 4. The maximum atomic E-state index is 12.1. The quantitative estimate of drug-likeness (QED) is 0.277. The van der Waals surface area contributed by atoms with Gasteiger partial charge in [0.05, 0.1) is 0 Å². The lowest BCUT2D eigenvalue weighted by molar-refractivity contribution is -0.288. The Morgan fingerprint density at radius 1 is 0.868 bits per heavy atom. The third-order valence-corrected chi connectivity index (χ3v) is 5.77. The molecule has 5 atom stereocenters. The molecule has 1 aliphatic rings. The summed E-state index contributed by atoms with van der Waals surface area (Å²) in [6.45, 7) is 7.77. The van der Waals surface area contributed by atoms with Crippen LogP contribution in [-0.4, -0.2) is 61.2 Å². The molecule has 0 saturated carbocycles. The smallest absolute Gasteiger partial charge is 0.336 e. The van der Waals surface area contributed by atoms with Gasteiger partial charge in [0.25, 0.3) is 0 Å². The Balaban J connectivity index is 2.08. The molecule has 12 heteroatoms. The molecule has 5 unspecified atom stereocenters. The lowest BCUT2D eigenvalue weighted by Gasteiger charge is -2.44. The zero-order valence-corrected chi connectivity index (χ0v) is 21.9. The van der Waals surface area contributed by atoms with Gasteiger partial charge in [-0.1, -0.05) is 6.92 Å². The minimum Gasteiger partial charge on any atom is -0.463 e. The first-order valence-corrected chi connectivity index (χ1v) is 11.9. The van der Waals surface area contributed by atoms with E-state index in [0.29, 0.717) is 17.6 Å². The molecule has 38 heavy (non-hydrogen) atoms. The van der Waals surface area contributed by atoms with Gasteiger partial charge in [-0.25, -0.2) is 4.79 Å². The maximum absolute atomic E-state index is 12.1. The summed E-state index contributed by atoms with van der Waals surface area (Å²) in [4.78, 5) is 59.5. The average Bonchev–Trinajstić information content (AvgIpc) is 2.82. The second-order valence-corrected chi connectivity index (χ2v) is 8.70. The highest BCUT2D eigenvalue weighted by Gasteiger charge is 2.53. The average molecular weight is 535 g/mol. The van der Waals surface area contributed by atoms with Crippen LogP contribution in [0.15, 0.2) is 27.4 Å². The van der Waals surface area contributed by atoms with Gasteiger partial charge in [-0.3, -0.25) is 19.2 Å². The predicted molar refractivity (Wildman–Crippen MR) is 129 cm³/mol. The van der Waals surface area contributed by atoms with E-state index in [4.69, 9.17) is 32.8 Å². The van der Waals surface area contributed by atoms with Gasteiger partial charge in [-0.15, -0.1) is 0 Å². The highest BCUT2D eigenvalue weighted by Crippen LogP contribution is 2.34. The number of rotatable bonds is 8. The van der Waals surface area contributed by atoms with Gasteiger partial charge in [0.1, 0.15) is 24.0 Å². The van der Waals surface area contributed by atoms with E-state index in [1.54, 1.807) is 19.1 Å². The predicted octanol–water partition coefficient (Wildman–Crippen LogP) is 2.13. The van der Waals surface area contributed by atoms with E-state index in [0.717, 1.165) is 31.7 Å². The van der Waals surface area contributed by atoms with Crippen molar-refractivity contribution in [2.75, 3.05) is 6.61 Å². The van der Waals surface area contributed by atoms with Crippen molar-refractivity contribution in [1.82, 2.24) is 0 Å². The van der Waals surface area contributed by atoms with Crippen molar-refractivity contribution in [3.63, 3.8) is 0 Å². The molecule has 0 aliphatic carbocycles. The lowest BCUT2D eigenvalue weighted by atomic mass is 9.98. The molecule has 3 rings (SSSR count). The Kier molecular flexibility index (Phi) is 9.10. The van der Waals surface area contributed by atoms with Gasteiger partial charge in [-0.05, 0) is 31.0 Å². The van der Waals surface area contributed by atoms with E-state index in [-0.39, 0.29) is 12.4 Å². The van der Waals surface area contributed by atoms with Crippen LogP contribution in [-0.2, 0) is 49.3 Å². The Bertz CT molecular complexity index is 1280. The highest BCUT2D eigenvalue weighted by atomic mass is 16.7. The van der Waals surface area contributed by atoms with Gasteiger partial charge in [0.2, 0.25) is 12.4 Å². The highest BCUT2D eigenvalue weighted by molar-refractivity contribution is 5.85. The summed E-state index contributed by atoms with van der Waals surface area (Å²) in [6, 6.07) is 4.76. The molecule has 0 amide bonds. The van der Waals surface area contributed by atoms with Gasteiger partial charge in [-0.2, -0.15) is 0 Å². The molecule has 2 heterocycles. The van der Waals surface area contributed by atoms with Crippen molar-refractivity contribution < 1.29 is 52.0 Å². The Morgan fingerprint density at radius 3 is 2.05 bits per heavy atom. The van der Waals surface area contributed by atoms with Gasteiger partial charge in [0, 0.05) is 44.7 Å². The fourth-order valence-corrected chi connectivity index (χ4v) is 4.24. The van der Waals surface area contributed by atoms with Crippen molar-refractivity contribution >= 4 is 34.8 Å². The summed E-state index contributed by atoms with van der Waals surface area (Å²) >= 11 is 0. The fraction of sp³-hybridized carbons (Fsp3) is 0.500. The first kappa shape index (κ1) is 28.6. The molecule has 0 bridgehead atoms. The Morgan fingerprint density at radius 2 is 1.47 bits per heavy atom. The van der Waals surface area contributed by atoms with Crippen LogP contribution < -0.4 is 10.4 Å². The first-order chi connectivity index (χ1) is 17.9. The zero-order valence-electron chi connectivity index (χ0n) is 21.9. The summed E-state index contributed by atoms with van der Waals surface area (Å²) in [5.74, 6) is -2.66. The monoisotopic (exact) mass is 534 g/mol. The van der Waals surface area contributed by atoms with Crippen molar-refractivity contribution in [3.05, 3.63) is 39.7 Å². The van der Waals surface area contributed by atoms with E-state index in [1.165, 1.54) is 13.0 Å². The van der Waals surface area contributed by atoms with Crippen LogP contribution in [0, 0.1) is 6.92 Å². The second kappa shape index (κ2) is 12.1. The topological polar surface area (TPSA) is 154 Å². The molecular formula is C26H30O12. The minimum absolute atomic E-state index is 0.217. The molecule has 12 nitrogen and oxygen atoms in total. The van der Waals surface area contributed by atoms with E-state index >= 15 is 0 Å². The summed E-state index contributed by atoms with van der Waals surface area (Å²) < 4.78 is 38.8. The molecule has 1 saturated heterocycles. The number of carbonyl (C=O) groups excluding carboxylic acids is 4. The minimum atomic E-state index is -1.41. The van der Waals surface area contributed by atoms with Crippen molar-refractivity contribution in [3.8, 4) is 5.75 Å². The summed E-state index contributed by atoms with van der Waals surface area (Å²) in [5, 5.41) is 0.721. The standard InChI is InChI=1S/C26H30O12/c1-7-17-10-21(31)38-22-12(2)19(9-8-18(17)22)36-26-25(35-16(6)30)24(34-15(5)29)23(33-14(4)28)20(37-26)11-32-13(3)27/h8-10,20,23-26H,7,11H2,1-6H3. The molecule has 1 aromatic carbocycles. The number of benzene rings is 1. The van der Waals surface area contributed by atoms with Crippen LogP contribution in [0.4, 0.5) is 0 Å². The largest absolute Gasteiger partial charge is 0.463 e. The third kappa shape index (κ3) is 6.68. The second-order valence-electron chi connectivity index (χ2n) is 8.70. The van der Waals surface area contributed by atoms with Gasteiger partial charge >= 0.3 is 29.5 Å². The number of carbonyl (C=O) groups is 4. The number of fused-ring (bicyclic) bond motifs is 1. The van der Waals surface area contributed by atoms with E-state index in [2.05, 4.69) is 0 Å². The summed E-state index contributed by atoms with van der Waals surface area (Å²) in [6.07, 6.45) is -6.03. The number of aryl methyl sites for hydroxylation is 2. The Labute approximate surface area is 218 Å². The molecule has 0 N–H and O–H groups in total. The van der Waals surface area contributed by atoms with Crippen LogP contribution in [0.3, 0.4) is 0 Å².